The maximum absolute atomic E-state index is 12.8. The predicted molar refractivity (Wildman–Crippen MR) is 83.7 cm³/mol. The van der Waals surface area contributed by atoms with Gasteiger partial charge < -0.3 is 4.74 Å². The van der Waals surface area contributed by atoms with Gasteiger partial charge in [0.2, 0.25) is 0 Å². The monoisotopic (exact) mass is 312 g/mol. The van der Waals surface area contributed by atoms with E-state index < -0.39 is 5.60 Å². The highest BCUT2D eigenvalue weighted by molar-refractivity contribution is 6.32. The van der Waals surface area contributed by atoms with Gasteiger partial charge in [0.15, 0.2) is 5.78 Å². The van der Waals surface area contributed by atoms with Crippen molar-refractivity contribution in [3.63, 3.8) is 0 Å². The number of carbonyl (C=O) groups is 1. The molecule has 0 saturated heterocycles. The largest absolute Gasteiger partial charge is 0.370 e. The number of methoxy groups -OCH3 is 1. The van der Waals surface area contributed by atoms with Crippen molar-refractivity contribution in [1.82, 2.24) is 9.78 Å². The number of halogens is 1. The molecule has 1 aromatic heterocycles. The van der Waals surface area contributed by atoms with Gasteiger partial charge in [-0.15, -0.1) is 0 Å². The third-order valence-corrected chi connectivity index (χ3v) is 5.12. The van der Waals surface area contributed by atoms with E-state index in [0.717, 1.165) is 37.1 Å². The molecule has 1 fully saturated rings. The molecule has 0 radical (unpaired) electrons. The molecule has 2 unspecified atom stereocenters. The third kappa shape index (κ3) is 3.16. The first-order valence-corrected chi connectivity index (χ1v) is 8.10. The minimum absolute atomic E-state index is 0.129. The van der Waals surface area contributed by atoms with Gasteiger partial charge in [-0.25, -0.2) is 0 Å². The van der Waals surface area contributed by atoms with Crippen molar-refractivity contribution in [2.24, 2.45) is 13.0 Å². The Morgan fingerprint density at radius 1 is 1.57 bits per heavy atom. The van der Waals surface area contributed by atoms with Crippen molar-refractivity contribution in [1.29, 1.82) is 0 Å². The van der Waals surface area contributed by atoms with Gasteiger partial charge in [0.25, 0.3) is 0 Å². The van der Waals surface area contributed by atoms with E-state index in [2.05, 4.69) is 12.0 Å². The van der Waals surface area contributed by atoms with Crippen LogP contribution in [0, 0.1) is 5.92 Å². The lowest BCUT2D eigenvalue weighted by Gasteiger charge is -2.37. The molecule has 0 aromatic carbocycles. The third-order valence-electron chi connectivity index (χ3n) is 4.69. The summed E-state index contributed by atoms with van der Waals surface area (Å²) in [6.45, 7) is 4.20. The van der Waals surface area contributed by atoms with Crippen molar-refractivity contribution < 1.29 is 9.53 Å². The van der Waals surface area contributed by atoms with Crippen molar-refractivity contribution >= 4 is 17.4 Å². The highest BCUT2D eigenvalue weighted by Gasteiger charge is 2.42. The van der Waals surface area contributed by atoms with Gasteiger partial charge in [0.05, 0.1) is 22.8 Å². The van der Waals surface area contributed by atoms with Crippen LogP contribution in [-0.4, -0.2) is 28.3 Å². The average Bonchev–Trinajstić information content (AvgIpc) is 2.74. The number of aryl methyl sites for hydroxylation is 2. The highest BCUT2D eigenvalue weighted by atomic mass is 35.5. The van der Waals surface area contributed by atoms with Crippen molar-refractivity contribution in [3.8, 4) is 0 Å². The summed E-state index contributed by atoms with van der Waals surface area (Å²) in [6, 6.07) is 0. The summed E-state index contributed by atoms with van der Waals surface area (Å²) < 4.78 is 7.40. The Balaban J connectivity index is 2.22. The molecular weight excluding hydrogens is 288 g/mol. The Morgan fingerprint density at radius 3 is 2.81 bits per heavy atom. The Kier molecular flexibility index (Phi) is 5.10. The van der Waals surface area contributed by atoms with Gasteiger partial charge in [-0.2, -0.15) is 5.10 Å². The zero-order chi connectivity index (χ0) is 15.6. The molecule has 5 heteroatoms. The minimum Gasteiger partial charge on any atom is -0.370 e. The van der Waals surface area contributed by atoms with Gasteiger partial charge in [-0.05, 0) is 31.6 Å². The quantitative estimate of drug-likeness (QED) is 0.837. The molecule has 1 saturated carbocycles. The Labute approximate surface area is 131 Å². The van der Waals surface area contributed by atoms with Crippen LogP contribution >= 0.6 is 11.6 Å². The van der Waals surface area contributed by atoms with Gasteiger partial charge in [-0.1, -0.05) is 31.9 Å². The molecule has 4 nitrogen and oxygen atoms in total. The number of aromatic nitrogens is 2. The van der Waals surface area contributed by atoms with E-state index in [4.69, 9.17) is 16.3 Å². The summed E-state index contributed by atoms with van der Waals surface area (Å²) in [4.78, 5) is 12.8. The van der Waals surface area contributed by atoms with E-state index in [1.165, 1.54) is 6.42 Å². The molecule has 1 aliphatic carbocycles. The lowest BCUT2D eigenvalue weighted by atomic mass is 9.75. The number of nitrogens with zero attached hydrogens (tertiary/aromatic N) is 2. The number of hydrogen-bond donors (Lipinski definition) is 0. The highest BCUT2D eigenvalue weighted by Crippen LogP contribution is 2.36. The van der Waals surface area contributed by atoms with E-state index >= 15 is 0 Å². The van der Waals surface area contributed by atoms with Gasteiger partial charge in [-0.3, -0.25) is 9.48 Å². The molecule has 1 heterocycles. The molecule has 0 aliphatic heterocycles. The fraction of sp³-hybridized carbons (Fsp3) is 0.750. The van der Waals surface area contributed by atoms with Crippen LogP contribution in [0.1, 0.15) is 50.9 Å². The molecule has 118 valence electrons. The molecule has 2 rings (SSSR count). The normalized spacial score (nSPS) is 26.0. The molecule has 0 N–H and O–H groups in total. The van der Waals surface area contributed by atoms with E-state index in [9.17, 15) is 4.79 Å². The maximum atomic E-state index is 12.8. The lowest BCUT2D eigenvalue weighted by Crippen LogP contribution is -2.45. The molecule has 1 aromatic rings. The second-order valence-electron chi connectivity index (χ2n) is 6.18. The zero-order valence-electron chi connectivity index (χ0n) is 13.4. The van der Waals surface area contributed by atoms with Crippen LogP contribution in [0.3, 0.4) is 0 Å². The van der Waals surface area contributed by atoms with Crippen LogP contribution in [0.15, 0.2) is 0 Å². The Morgan fingerprint density at radius 2 is 2.29 bits per heavy atom. The number of hydrogen-bond acceptors (Lipinski definition) is 3. The van der Waals surface area contributed by atoms with Crippen LogP contribution in [0.4, 0.5) is 0 Å². The molecule has 1 aliphatic rings. The van der Waals surface area contributed by atoms with Crippen molar-refractivity contribution in [2.45, 2.75) is 58.0 Å². The Hall–Kier alpha value is -0.870. The zero-order valence-corrected chi connectivity index (χ0v) is 14.2. The first-order chi connectivity index (χ1) is 9.93. The minimum atomic E-state index is -0.641. The summed E-state index contributed by atoms with van der Waals surface area (Å²) in [5.41, 5.74) is 1.01. The predicted octanol–water partition coefficient (Wildman–Crippen LogP) is 3.34. The number of rotatable bonds is 5. The fourth-order valence-corrected chi connectivity index (χ4v) is 3.74. The first-order valence-electron chi connectivity index (χ1n) is 7.72. The molecule has 0 spiro atoms. The molecule has 21 heavy (non-hydrogen) atoms. The van der Waals surface area contributed by atoms with Crippen LogP contribution < -0.4 is 0 Å². The van der Waals surface area contributed by atoms with E-state index in [1.807, 2.05) is 14.0 Å². The smallest absolute Gasteiger partial charge is 0.170 e. The second-order valence-corrected chi connectivity index (χ2v) is 6.56. The number of ether oxygens (including phenoxy) is 1. The fourth-order valence-electron chi connectivity index (χ4n) is 3.38. The summed E-state index contributed by atoms with van der Waals surface area (Å²) in [7, 11) is 3.49. The number of Topliss-reactive ketones (excluding diaryl/α,β-unsaturated/α-hetero) is 1. The summed E-state index contributed by atoms with van der Waals surface area (Å²) in [5.74, 6) is 0.653. The van der Waals surface area contributed by atoms with Gasteiger partial charge >= 0.3 is 0 Å². The van der Waals surface area contributed by atoms with Crippen LogP contribution in [-0.2, 0) is 29.4 Å². The van der Waals surface area contributed by atoms with Gasteiger partial charge in [0.1, 0.15) is 5.60 Å². The molecular formula is C16H25ClN2O2. The van der Waals surface area contributed by atoms with E-state index in [0.29, 0.717) is 17.4 Å². The van der Waals surface area contributed by atoms with Crippen molar-refractivity contribution in [3.05, 3.63) is 16.4 Å². The first kappa shape index (κ1) is 16.5. The average molecular weight is 313 g/mol. The number of carbonyl (C=O) groups excluding carboxylic acids is 1. The standard InChI is InChI=1S/C16H25ClN2O2/c1-5-12-15(17)13(19(3)18-12)9-14(20)16(21-4)8-6-7-11(2)10-16/h11H,5-10H2,1-4H3. The van der Waals surface area contributed by atoms with Crippen molar-refractivity contribution in [2.75, 3.05) is 7.11 Å². The second kappa shape index (κ2) is 6.49. The van der Waals surface area contributed by atoms with Crippen LogP contribution in [0.2, 0.25) is 5.02 Å². The Bertz CT molecular complexity index is 527. The maximum Gasteiger partial charge on any atom is 0.170 e. The summed E-state index contributed by atoms with van der Waals surface area (Å²) in [5, 5.41) is 5.01. The summed E-state index contributed by atoms with van der Waals surface area (Å²) in [6.07, 6.45) is 4.89. The molecule has 0 bridgehead atoms. The molecule has 0 amide bonds. The van der Waals surface area contributed by atoms with E-state index in [1.54, 1.807) is 11.8 Å². The van der Waals surface area contributed by atoms with Gasteiger partial charge in [0, 0.05) is 14.2 Å². The van der Waals surface area contributed by atoms with E-state index in [-0.39, 0.29) is 5.78 Å². The summed E-state index contributed by atoms with van der Waals surface area (Å²) >= 11 is 6.35. The molecule has 2 atom stereocenters. The topological polar surface area (TPSA) is 44.1 Å². The lowest BCUT2D eigenvalue weighted by molar-refractivity contribution is -0.146. The number of ketones is 1. The van der Waals surface area contributed by atoms with Crippen LogP contribution in [0.25, 0.3) is 0 Å². The van der Waals surface area contributed by atoms with Crippen LogP contribution in [0.5, 0.6) is 0 Å². The SMILES string of the molecule is CCc1nn(C)c(CC(=O)C2(OC)CCCC(C)C2)c1Cl.